The number of hydrogen-bond acceptors (Lipinski definition) is 6. The second-order valence-electron chi connectivity index (χ2n) is 4.05. The maximum Gasteiger partial charge on any atom is 0.396 e. The molecule has 1 heterocycles. The summed E-state index contributed by atoms with van der Waals surface area (Å²) in [7, 11) is -3.97. The Kier molecular flexibility index (Phi) is 3.48. The average Bonchev–Trinajstić information content (AvgIpc) is 2.78. The summed E-state index contributed by atoms with van der Waals surface area (Å²) in [6, 6.07) is 10.00. The van der Waals surface area contributed by atoms with Crippen molar-refractivity contribution >= 4 is 43.3 Å². The van der Waals surface area contributed by atoms with Crippen molar-refractivity contribution in [2.45, 2.75) is 4.90 Å². The third-order valence-electron chi connectivity index (χ3n) is 2.61. The molecule has 0 aliphatic carbocycles. The molecule has 0 atom stereocenters. The van der Waals surface area contributed by atoms with Crippen molar-refractivity contribution in [2.24, 2.45) is 0 Å². The van der Waals surface area contributed by atoms with E-state index < -0.39 is 15.1 Å². The molecular weight excluding hydrogens is 336 g/mol. The summed E-state index contributed by atoms with van der Waals surface area (Å²) in [5.41, 5.74) is 0.286. The summed E-state index contributed by atoms with van der Waals surface area (Å²) < 4.78 is 34.8. The van der Waals surface area contributed by atoms with E-state index in [1.54, 1.807) is 6.07 Å². The van der Waals surface area contributed by atoms with Crippen molar-refractivity contribution in [2.75, 3.05) is 0 Å². The first-order chi connectivity index (χ1) is 9.94. The Morgan fingerprint density at radius 2 is 1.81 bits per heavy atom. The first-order valence-corrected chi connectivity index (χ1v) is 8.28. The topological polar surface area (TPSA) is 73.6 Å². The Morgan fingerprint density at radius 3 is 2.52 bits per heavy atom. The first-order valence-electron chi connectivity index (χ1n) is 5.68. The lowest BCUT2D eigenvalue weighted by atomic mass is 10.3. The van der Waals surface area contributed by atoms with Crippen LogP contribution in [0.2, 0.25) is 5.02 Å². The van der Waals surface area contributed by atoms with Crippen molar-refractivity contribution in [3.63, 3.8) is 0 Å². The summed E-state index contributed by atoms with van der Waals surface area (Å²) in [5.74, 6) is 0.0685. The van der Waals surface area contributed by atoms with Crippen molar-refractivity contribution in [3.05, 3.63) is 57.2 Å². The Bertz CT molecular complexity index is 954. The van der Waals surface area contributed by atoms with Gasteiger partial charge in [0.1, 0.15) is 10.6 Å². The molecule has 0 unspecified atom stereocenters. The smallest absolute Gasteiger partial charge is 0.396 e. The van der Waals surface area contributed by atoms with Gasteiger partial charge in [-0.25, -0.2) is 4.79 Å². The summed E-state index contributed by atoms with van der Waals surface area (Å²) in [6.45, 7) is 0. The van der Waals surface area contributed by atoms with Crippen LogP contribution in [0.25, 0.3) is 10.3 Å². The van der Waals surface area contributed by atoms with E-state index in [0.29, 0.717) is 9.72 Å². The molecule has 8 heteroatoms. The highest BCUT2D eigenvalue weighted by Crippen LogP contribution is 2.25. The van der Waals surface area contributed by atoms with Gasteiger partial charge in [0.2, 0.25) is 0 Å². The number of fused-ring (bicyclic) bond motifs is 1. The van der Waals surface area contributed by atoms with Crippen molar-refractivity contribution < 1.29 is 17.0 Å². The number of hydrogen-bond donors (Lipinski definition) is 0. The first kappa shape index (κ1) is 14.1. The second kappa shape index (κ2) is 5.18. The van der Waals surface area contributed by atoms with Gasteiger partial charge in [-0.15, -0.1) is 0 Å². The van der Waals surface area contributed by atoms with Gasteiger partial charge in [0, 0.05) is 11.1 Å². The molecule has 0 saturated carbocycles. The van der Waals surface area contributed by atoms with Crippen molar-refractivity contribution in [1.29, 1.82) is 0 Å². The molecule has 0 spiro atoms. The van der Waals surface area contributed by atoms with E-state index in [2.05, 4.69) is 0 Å². The zero-order valence-electron chi connectivity index (χ0n) is 10.3. The molecule has 5 nitrogen and oxygen atoms in total. The molecular formula is C13H7ClO5S2. The monoisotopic (exact) mass is 342 g/mol. The molecule has 108 valence electrons. The van der Waals surface area contributed by atoms with Crippen LogP contribution in [0.15, 0.2) is 56.6 Å². The van der Waals surface area contributed by atoms with Gasteiger partial charge in [0.25, 0.3) is 0 Å². The predicted molar refractivity (Wildman–Crippen MR) is 79.6 cm³/mol. The predicted octanol–water partition coefficient (Wildman–Crippen LogP) is 3.28. The van der Waals surface area contributed by atoms with Crippen LogP contribution in [0.3, 0.4) is 0 Å². The summed E-state index contributed by atoms with van der Waals surface area (Å²) in [4.78, 5) is 10.6. The summed E-state index contributed by atoms with van der Waals surface area (Å²) >= 11 is 6.65. The minimum Gasteiger partial charge on any atom is -0.414 e. The van der Waals surface area contributed by atoms with Crippen LogP contribution in [-0.2, 0) is 10.1 Å². The highest BCUT2D eigenvalue weighted by atomic mass is 35.5. The molecule has 1 aromatic heterocycles. The van der Waals surface area contributed by atoms with E-state index in [0.717, 1.165) is 11.3 Å². The molecule has 0 bridgehead atoms. The van der Waals surface area contributed by atoms with Gasteiger partial charge in [0.15, 0.2) is 5.58 Å². The summed E-state index contributed by atoms with van der Waals surface area (Å²) in [6.07, 6.45) is 0. The Morgan fingerprint density at radius 1 is 1.10 bits per heavy atom. The maximum absolute atomic E-state index is 12.1. The lowest BCUT2D eigenvalue weighted by Crippen LogP contribution is -2.09. The fourth-order valence-corrected chi connectivity index (χ4v) is 3.38. The van der Waals surface area contributed by atoms with Gasteiger partial charge < -0.3 is 8.60 Å². The third-order valence-corrected chi connectivity index (χ3v) is 4.93. The molecule has 0 aliphatic rings. The van der Waals surface area contributed by atoms with Gasteiger partial charge in [-0.1, -0.05) is 22.9 Å². The Hall–Kier alpha value is -1.83. The van der Waals surface area contributed by atoms with Crippen LogP contribution in [-0.4, -0.2) is 8.42 Å². The SMILES string of the molecule is O=c1oc2cc(OS(=O)(=O)c3ccc(Cl)cc3)ccc2s1. The lowest BCUT2D eigenvalue weighted by molar-refractivity contribution is 0.485. The van der Waals surface area contributed by atoms with Crippen molar-refractivity contribution in [3.8, 4) is 5.75 Å². The van der Waals surface area contributed by atoms with Gasteiger partial charge >= 0.3 is 15.1 Å². The van der Waals surface area contributed by atoms with Crippen LogP contribution in [0, 0.1) is 0 Å². The fraction of sp³-hybridized carbons (Fsp3) is 0. The lowest BCUT2D eigenvalue weighted by Gasteiger charge is -2.06. The van der Waals surface area contributed by atoms with Crippen LogP contribution >= 0.6 is 22.9 Å². The largest absolute Gasteiger partial charge is 0.414 e. The number of rotatable bonds is 3. The number of benzene rings is 2. The van der Waals surface area contributed by atoms with Gasteiger partial charge in [0.05, 0.1) is 4.70 Å². The van der Waals surface area contributed by atoms with Crippen LogP contribution in [0.1, 0.15) is 0 Å². The van der Waals surface area contributed by atoms with E-state index in [9.17, 15) is 13.2 Å². The summed E-state index contributed by atoms with van der Waals surface area (Å²) in [5, 5.41) is 0.426. The molecule has 0 fully saturated rings. The maximum atomic E-state index is 12.1. The minimum absolute atomic E-state index is 0.0150. The highest BCUT2D eigenvalue weighted by molar-refractivity contribution is 7.87. The Balaban J connectivity index is 1.96. The Labute approximate surface area is 128 Å². The molecule has 3 aromatic rings. The van der Waals surface area contributed by atoms with Gasteiger partial charge in [-0.2, -0.15) is 8.42 Å². The number of halogens is 1. The van der Waals surface area contributed by atoms with Crippen LogP contribution in [0.4, 0.5) is 0 Å². The highest BCUT2D eigenvalue weighted by Gasteiger charge is 2.17. The third kappa shape index (κ3) is 2.94. The minimum atomic E-state index is -3.97. The quantitative estimate of drug-likeness (QED) is 0.683. The van der Waals surface area contributed by atoms with E-state index in [4.69, 9.17) is 20.2 Å². The molecule has 0 aliphatic heterocycles. The van der Waals surface area contributed by atoms with Gasteiger partial charge in [-0.3, -0.25) is 0 Å². The molecule has 0 saturated heterocycles. The van der Waals surface area contributed by atoms with E-state index in [-0.39, 0.29) is 16.2 Å². The fourth-order valence-electron chi connectivity index (χ4n) is 1.68. The molecule has 0 amide bonds. The molecule has 2 aromatic carbocycles. The zero-order valence-corrected chi connectivity index (χ0v) is 12.7. The molecule has 0 N–H and O–H groups in total. The van der Waals surface area contributed by atoms with Crippen LogP contribution < -0.4 is 9.12 Å². The van der Waals surface area contributed by atoms with Crippen LogP contribution in [0.5, 0.6) is 5.75 Å². The van der Waals surface area contributed by atoms with E-state index >= 15 is 0 Å². The molecule has 21 heavy (non-hydrogen) atoms. The van der Waals surface area contributed by atoms with Crippen molar-refractivity contribution in [1.82, 2.24) is 0 Å². The normalized spacial score (nSPS) is 11.7. The molecule has 3 rings (SSSR count). The molecule has 0 radical (unpaired) electrons. The van der Waals surface area contributed by atoms with E-state index in [1.165, 1.54) is 36.4 Å². The average molecular weight is 343 g/mol. The standard InChI is InChI=1S/C13H7ClO5S2/c14-8-1-4-10(5-2-8)21(16,17)19-9-3-6-12-11(7-9)18-13(15)20-12/h1-7H. The van der Waals surface area contributed by atoms with Gasteiger partial charge in [-0.05, 0) is 36.4 Å². The zero-order chi connectivity index (χ0) is 15.0. The second-order valence-corrected chi connectivity index (χ2v) is 7.01. The van der Waals surface area contributed by atoms with E-state index in [1.807, 2.05) is 0 Å².